The van der Waals surface area contributed by atoms with Gasteiger partial charge in [-0.1, -0.05) is 6.92 Å². The van der Waals surface area contributed by atoms with Gasteiger partial charge in [0.1, 0.15) is 4.90 Å². The highest BCUT2D eigenvalue weighted by atomic mass is 32.2. The third-order valence-electron chi connectivity index (χ3n) is 3.78. The molecule has 0 saturated carbocycles. The van der Waals surface area contributed by atoms with E-state index in [1.165, 1.54) is 0 Å². The molecule has 1 aromatic rings. The van der Waals surface area contributed by atoms with Crippen molar-refractivity contribution in [1.29, 1.82) is 0 Å². The molecule has 0 aromatic carbocycles. The van der Waals surface area contributed by atoms with Crippen LogP contribution in [0.15, 0.2) is 4.90 Å². The molecule has 21 heavy (non-hydrogen) atoms. The topological polar surface area (TPSA) is 75.4 Å². The van der Waals surface area contributed by atoms with Crippen LogP contribution in [-0.4, -0.2) is 58.3 Å². The summed E-state index contributed by atoms with van der Waals surface area (Å²) >= 11 is 1.84. The first-order chi connectivity index (χ1) is 9.91. The van der Waals surface area contributed by atoms with E-state index in [-0.39, 0.29) is 6.61 Å². The Balaban J connectivity index is 2.35. The Hall–Kier alpha value is -0.570. The van der Waals surface area contributed by atoms with Gasteiger partial charge in [0.2, 0.25) is 10.0 Å². The van der Waals surface area contributed by atoms with E-state index in [1.807, 2.05) is 11.8 Å². The average Bonchev–Trinajstić information content (AvgIpc) is 2.74. The summed E-state index contributed by atoms with van der Waals surface area (Å²) in [7, 11) is -3.51. The lowest BCUT2D eigenvalue weighted by atomic mass is 10.3. The van der Waals surface area contributed by atoms with Crippen LogP contribution in [0, 0.1) is 13.8 Å². The highest BCUT2D eigenvalue weighted by molar-refractivity contribution is 8.00. The van der Waals surface area contributed by atoms with Crippen LogP contribution in [0.25, 0.3) is 0 Å². The Bertz CT molecular complexity index is 598. The number of rotatable bonds is 5. The van der Waals surface area contributed by atoms with Gasteiger partial charge >= 0.3 is 0 Å². The summed E-state index contributed by atoms with van der Waals surface area (Å²) in [6.45, 7) is 6.92. The van der Waals surface area contributed by atoms with E-state index < -0.39 is 10.0 Å². The summed E-state index contributed by atoms with van der Waals surface area (Å²) in [4.78, 5) is 0.303. The predicted octanol–water partition coefficient (Wildman–Crippen LogP) is 1.01. The van der Waals surface area contributed by atoms with Crippen LogP contribution in [0.3, 0.4) is 0 Å². The normalized spacial score (nSPS) is 20.9. The smallest absolute Gasteiger partial charge is 0.246 e. The van der Waals surface area contributed by atoms with Gasteiger partial charge in [-0.15, -0.1) is 0 Å². The van der Waals surface area contributed by atoms with Crippen molar-refractivity contribution in [3.63, 3.8) is 0 Å². The predicted molar refractivity (Wildman–Crippen MR) is 84.1 cm³/mol. The Morgan fingerprint density at radius 1 is 1.43 bits per heavy atom. The summed E-state index contributed by atoms with van der Waals surface area (Å²) in [5.41, 5.74) is 1.11. The molecule has 0 amide bonds. The van der Waals surface area contributed by atoms with Crippen molar-refractivity contribution in [3.05, 3.63) is 11.4 Å². The summed E-state index contributed by atoms with van der Waals surface area (Å²) in [6, 6.07) is 0. The van der Waals surface area contributed by atoms with Crippen molar-refractivity contribution in [3.8, 4) is 0 Å². The molecule has 8 heteroatoms. The Kier molecular flexibility index (Phi) is 5.34. The van der Waals surface area contributed by atoms with Gasteiger partial charge in [0, 0.05) is 24.1 Å². The van der Waals surface area contributed by atoms with E-state index in [0.29, 0.717) is 41.2 Å². The molecule has 1 fully saturated rings. The maximum atomic E-state index is 12.9. The SMILES string of the molecule is CCC1CN(S(=O)(=O)c2c(C)nn(CCO)c2C)CCS1. The first-order valence-electron chi connectivity index (χ1n) is 7.18. The molecule has 6 nitrogen and oxygen atoms in total. The summed E-state index contributed by atoms with van der Waals surface area (Å²) in [5.74, 6) is 0.834. The number of hydrogen-bond donors (Lipinski definition) is 1. The second kappa shape index (κ2) is 6.68. The van der Waals surface area contributed by atoms with Crippen LogP contribution in [-0.2, 0) is 16.6 Å². The third kappa shape index (κ3) is 3.28. The molecule has 2 rings (SSSR count). The third-order valence-corrected chi connectivity index (χ3v) is 7.27. The molecule has 0 radical (unpaired) electrons. The Morgan fingerprint density at radius 2 is 2.14 bits per heavy atom. The molecular formula is C13H23N3O3S2. The van der Waals surface area contributed by atoms with Crippen molar-refractivity contribution < 1.29 is 13.5 Å². The van der Waals surface area contributed by atoms with Crippen LogP contribution in [0.5, 0.6) is 0 Å². The van der Waals surface area contributed by atoms with Crippen LogP contribution in [0.4, 0.5) is 0 Å². The number of thioether (sulfide) groups is 1. The summed E-state index contributed by atoms with van der Waals surface area (Å²) < 4.78 is 29.0. The molecule has 0 bridgehead atoms. The second-order valence-electron chi connectivity index (χ2n) is 5.21. The second-order valence-corrected chi connectivity index (χ2v) is 8.49. The lowest BCUT2D eigenvalue weighted by Gasteiger charge is -2.31. The van der Waals surface area contributed by atoms with Gasteiger partial charge < -0.3 is 5.11 Å². The van der Waals surface area contributed by atoms with Crippen molar-refractivity contribution in [2.24, 2.45) is 0 Å². The fourth-order valence-corrected chi connectivity index (χ4v) is 5.90. The van der Waals surface area contributed by atoms with E-state index in [4.69, 9.17) is 5.11 Å². The van der Waals surface area contributed by atoms with Gasteiger partial charge in [0.05, 0.1) is 24.5 Å². The first kappa shape index (κ1) is 16.8. The molecule has 1 saturated heterocycles. The number of aliphatic hydroxyl groups is 1. The largest absolute Gasteiger partial charge is 0.394 e. The molecule has 1 aromatic heterocycles. The molecule has 1 aliphatic heterocycles. The zero-order valence-corrected chi connectivity index (χ0v) is 14.4. The first-order valence-corrected chi connectivity index (χ1v) is 9.67. The van der Waals surface area contributed by atoms with E-state index in [9.17, 15) is 8.42 Å². The average molecular weight is 333 g/mol. The van der Waals surface area contributed by atoms with Gasteiger partial charge in [0.15, 0.2) is 0 Å². The van der Waals surface area contributed by atoms with Gasteiger partial charge in [-0.05, 0) is 20.3 Å². The van der Waals surface area contributed by atoms with Gasteiger partial charge in [-0.2, -0.15) is 21.2 Å². The van der Waals surface area contributed by atoms with E-state index in [1.54, 1.807) is 22.8 Å². The minimum Gasteiger partial charge on any atom is -0.394 e. The fraction of sp³-hybridized carbons (Fsp3) is 0.769. The van der Waals surface area contributed by atoms with E-state index >= 15 is 0 Å². The lowest BCUT2D eigenvalue weighted by molar-refractivity contribution is 0.267. The van der Waals surface area contributed by atoms with Gasteiger partial charge in [0.25, 0.3) is 0 Å². The van der Waals surface area contributed by atoms with Crippen molar-refractivity contribution in [1.82, 2.24) is 14.1 Å². The highest BCUT2D eigenvalue weighted by Crippen LogP contribution is 2.29. The van der Waals surface area contributed by atoms with E-state index in [2.05, 4.69) is 12.0 Å². The number of hydrogen-bond acceptors (Lipinski definition) is 5. The molecule has 0 aliphatic carbocycles. The van der Waals surface area contributed by atoms with Crippen molar-refractivity contribution in [2.75, 3.05) is 25.4 Å². The van der Waals surface area contributed by atoms with Gasteiger partial charge in [-0.25, -0.2) is 8.42 Å². The zero-order valence-electron chi connectivity index (χ0n) is 12.7. The standard InChI is InChI=1S/C13H23N3O3S2/c1-4-12-9-15(6-8-20-12)21(18,19)13-10(2)14-16(5-7-17)11(13)3/h12,17H,4-9H2,1-3H3. The van der Waals surface area contributed by atoms with Crippen LogP contribution in [0.1, 0.15) is 24.7 Å². The molecule has 1 unspecified atom stereocenters. The quantitative estimate of drug-likeness (QED) is 0.870. The summed E-state index contributed by atoms with van der Waals surface area (Å²) in [6.07, 6.45) is 0.971. The molecule has 0 spiro atoms. The zero-order chi connectivity index (χ0) is 15.6. The number of aryl methyl sites for hydroxylation is 1. The fourth-order valence-electron chi connectivity index (χ4n) is 2.65. The minimum atomic E-state index is -3.51. The Morgan fingerprint density at radius 3 is 2.76 bits per heavy atom. The van der Waals surface area contributed by atoms with Crippen LogP contribution >= 0.6 is 11.8 Å². The number of aliphatic hydroxyl groups excluding tert-OH is 1. The van der Waals surface area contributed by atoms with Crippen LogP contribution < -0.4 is 0 Å². The van der Waals surface area contributed by atoms with Gasteiger partial charge in [-0.3, -0.25) is 4.68 Å². The number of nitrogens with zero attached hydrogens (tertiary/aromatic N) is 3. The maximum absolute atomic E-state index is 12.9. The number of aromatic nitrogens is 2. The highest BCUT2D eigenvalue weighted by Gasteiger charge is 2.34. The maximum Gasteiger partial charge on any atom is 0.246 e. The van der Waals surface area contributed by atoms with Crippen LogP contribution in [0.2, 0.25) is 0 Å². The molecule has 1 N–H and O–H groups in total. The molecular weight excluding hydrogens is 310 g/mol. The van der Waals surface area contributed by atoms with E-state index in [0.717, 1.165) is 12.2 Å². The molecule has 1 atom stereocenters. The van der Waals surface area contributed by atoms with Crippen molar-refractivity contribution >= 4 is 21.8 Å². The summed E-state index contributed by atoms with van der Waals surface area (Å²) in [5, 5.41) is 13.6. The number of sulfonamides is 1. The Labute approximate surface area is 130 Å². The minimum absolute atomic E-state index is 0.0558. The molecule has 120 valence electrons. The van der Waals surface area contributed by atoms with Crippen molar-refractivity contribution in [2.45, 2.75) is 43.9 Å². The molecule has 1 aliphatic rings. The lowest BCUT2D eigenvalue weighted by Crippen LogP contribution is -2.42. The monoisotopic (exact) mass is 333 g/mol. The molecule has 2 heterocycles.